The lowest BCUT2D eigenvalue weighted by Gasteiger charge is -2.18. The summed E-state index contributed by atoms with van der Waals surface area (Å²) in [4.78, 5) is 17.7. The molecule has 1 heterocycles. The molecule has 6 heteroatoms. The summed E-state index contributed by atoms with van der Waals surface area (Å²) < 4.78 is 5.44. The lowest BCUT2D eigenvalue weighted by Crippen LogP contribution is -2.25. The van der Waals surface area contributed by atoms with Crippen molar-refractivity contribution >= 4 is 11.3 Å². The molecule has 5 nitrogen and oxygen atoms in total. The van der Waals surface area contributed by atoms with E-state index in [4.69, 9.17) is 9.84 Å². The van der Waals surface area contributed by atoms with E-state index in [-0.39, 0.29) is 11.5 Å². The van der Waals surface area contributed by atoms with Gasteiger partial charge in [0, 0.05) is 18.0 Å². The molecule has 2 rings (SSSR count). The molecule has 0 aliphatic rings. The monoisotopic (exact) mass is 322 g/mol. The van der Waals surface area contributed by atoms with Crippen LogP contribution in [0.1, 0.15) is 18.7 Å². The van der Waals surface area contributed by atoms with E-state index in [0.29, 0.717) is 19.7 Å². The minimum absolute atomic E-state index is 0.0565. The predicted octanol–water partition coefficient (Wildman–Crippen LogP) is 2.32. The minimum Gasteiger partial charge on any atom is -0.494 e. The fourth-order valence-electron chi connectivity index (χ4n) is 2.28. The summed E-state index contributed by atoms with van der Waals surface area (Å²) in [7, 11) is 0. The first-order valence-electron chi connectivity index (χ1n) is 7.46. The third-order valence-corrected chi connectivity index (χ3v) is 4.27. The summed E-state index contributed by atoms with van der Waals surface area (Å²) >= 11 is 1.23. The summed E-state index contributed by atoms with van der Waals surface area (Å²) in [6.07, 6.45) is 0. The van der Waals surface area contributed by atoms with Crippen molar-refractivity contribution in [2.45, 2.75) is 20.4 Å². The molecule has 0 radical (unpaired) electrons. The smallest absolute Gasteiger partial charge is 0.305 e. The largest absolute Gasteiger partial charge is 0.494 e. The number of nitrogens with one attached hydrogen (secondary N) is 1. The van der Waals surface area contributed by atoms with Crippen molar-refractivity contribution < 1.29 is 9.84 Å². The lowest BCUT2D eigenvalue weighted by atomic mass is 10.1. The van der Waals surface area contributed by atoms with E-state index < -0.39 is 0 Å². The van der Waals surface area contributed by atoms with E-state index in [0.717, 1.165) is 28.4 Å². The van der Waals surface area contributed by atoms with Gasteiger partial charge in [0.05, 0.1) is 18.9 Å². The number of thiazole rings is 1. The van der Waals surface area contributed by atoms with Crippen molar-refractivity contribution in [1.29, 1.82) is 0 Å². The van der Waals surface area contributed by atoms with Crippen LogP contribution in [-0.2, 0) is 6.54 Å². The van der Waals surface area contributed by atoms with Gasteiger partial charge in [-0.15, -0.1) is 0 Å². The van der Waals surface area contributed by atoms with Gasteiger partial charge in [-0.25, -0.2) is 0 Å². The topological polar surface area (TPSA) is 65.6 Å². The van der Waals surface area contributed by atoms with Gasteiger partial charge < -0.3 is 14.8 Å². The second-order valence-electron chi connectivity index (χ2n) is 4.86. The number of rotatable bonds is 8. The highest BCUT2D eigenvalue weighted by Gasteiger charge is 2.13. The number of aromatic nitrogens is 1. The van der Waals surface area contributed by atoms with E-state index in [1.165, 1.54) is 11.3 Å². The Labute approximate surface area is 134 Å². The fourth-order valence-corrected chi connectivity index (χ4v) is 3.18. The number of nitrogens with zero attached hydrogens (tertiary/aromatic N) is 1. The summed E-state index contributed by atoms with van der Waals surface area (Å²) in [5, 5.41) is 9.10. The first kappa shape index (κ1) is 16.7. The van der Waals surface area contributed by atoms with Crippen molar-refractivity contribution in [1.82, 2.24) is 9.88 Å². The molecule has 1 aromatic heterocycles. The second kappa shape index (κ2) is 8.12. The molecule has 0 amide bonds. The number of hydrogen-bond donors (Lipinski definition) is 2. The quantitative estimate of drug-likeness (QED) is 0.783. The summed E-state index contributed by atoms with van der Waals surface area (Å²) in [6.45, 7) is 6.83. The molecule has 0 unspecified atom stereocenters. The number of benzene rings is 1. The minimum atomic E-state index is -0.0565. The van der Waals surface area contributed by atoms with E-state index >= 15 is 0 Å². The van der Waals surface area contributed by atoms with E-state index in [9.17, 15) is 4.79 Å². The third-order valence-electron chi connectivity index (χ3n) is 3.41. The normalized spacial score (nSPS) is 11.1. The van der Waals surface area contributed by atoms with Gasteiger partial charge >= 0.3 is 4.87 Å². The van der Waals surface area contributed by atoms with Crippen molar-refractivity contribution in [3.05, 3.63) is 38.8 Å². The maximum Gasteiger partial charge on any atom is 0.305 e. The molecule has 0 atom stereocenters. The van der Waals surface area contributed by atoms with Crippen LogP contribution in [0.4, 0.5) is 0 Å². The molecular formula is C16H22N2O3S. The van der Waals surface area contributed by atoms with Crippen LogP contribution in [0.5, 0.6) is 5.75 Å². The highest BCUT2D eigenvalue weighted by Crippen LogP contribution is 2.26. The molecule has 0 fully saturated rings. The van der Waals surface area contributed by atoms with Crippen LogP contribution < -0.4 is 9.61 Å². The molecule has 2 N–H and O–H groups in total. The number of ether oxygens (including phenoxy) is 1. The Morgan fingerprint density at radius 2 is 2.00 bits per heavy atom. The van der Waals surface area contributed by atoms with Gasteiger partial charge in [0.2, 0.25) is 0 Å². The molecule has 120 valence electrons. The molecule has 0 saturated heterocycles. The Bertz CT molecular complexity index is 634. The number of hydrogen-bond acceptors (Lipinski definition) is 5. The SMILES string of the molecule is CCOc1ccc(-c2[nH]c(=O)sc2CN(CC)CCO)cc1. The van der Waals surface area contributed by atoms with Crippen LogP contribution in [-0.4, -0.2) is 41.3 Å². The number of aromatic amines is 1. The molecule has 0 aliphatic heterocycles. The number of aliphatic hydroxyl groups is 1. The Kier molecular flexibility index (Phi) is 6.18. The first-order valence-corrected chi connectivity index (χ1v) is 8.28. The standard InChI is InChI=1S/C16H22N2O3S/c1-3-18(9-10-19)11-14-15(17-16(20)22-14)12-5-7-13(8-6-12)21-4-2/h5-8,19H,3-4,9-11H2,1-2H3,(H,17,20). The summed E-state index contributed by atoms with van der Waals surface area (Å²) in [5.41, 5.74) is 1.83. The van der Waals surface area contributed by atoms with Gasteiger partial charge in [0.15, 0.2) is 0 Å². The maximum absolute atomic E-state index is 11.8. The summed E-state index contributed by atoms with van der Waals surface area (Å²) in [6, 6.07) is 7.72. The van der Waals surface area contributed by atoms with Crippen LogP contribution in [0.2, 0.25) is 0 Å². The van der Waals surface area contributed by atoms with Crippen molar-refractivity contribution in [3.8, 4) is 17.0 Å². The summed E-state index contributed by atoms with van der Waals surface area (Å²) in [5.74, 6) is 0.820. The van der Waals surface area contributed by atoms with Gasteiger partial charge in [0.1, 0.15) is 5.75 Å². The lowest BCUT2D eigenvalue weighted by molar-refractivity contribution is 0.198. The van der Waals surface area contributed by atoms with E-state index in [2.05, 4.69) is 9.88 Å². The molecule has 22 heavy (non-hydrogen) atoms. The number of aliphatic hydroxyl groups excluding tert-OH is 1. The Balaban J connectivity index is 2.25. The Hall–Kier alpha value is -1.63. The average molecular weight is 322 g/mol. The molecule has 1 aromatic carbocycles. The molecule has 0 bridgehead atoms. The van der Waals surface area contributed by atoms with Gasteiger partial charge in [-0.05, 0) is 43.3 Å². The predicted molar refractivity (Wildman–Crippen MR) is 89.6 cm³/mol. The van der Waals surface area contributed by atoms with Crippen LogP contribution in [0.25, 0.3) is 11.3 Å². The van der Waals surface area contributed by atoms with E-state index in [1.54, 1.807) is 0 Å². The molecular weight excluding hydrogens is 300 g/mol. The van der Waals surface area contributed by atoms with E-state index in [1.807, 2.05) is 38.1 Å². The zero-order chi connectivity index (χ0) is 15.9. The van der Waals surface area contributed by atoms with Crippen LogP contribution in [0.15, 0.2) is 29.1 Å². The highest BCUT2D eigenvalue weighted by atomic mass is 32.1. The molecule has 0 spiro atoms. The van der Waals surface area contributed by atoms with Crippen molar-refractivity contribution in [3.63, 3.8) is 0 Å². The van der Waals surface area contributed by atoms with Crippen molar-refractivity contribution in [2.24, 2.45) is 0 Å². The first-order chi connectivity index (χ1) is 10.7. The third kappa shape index (κ3) is 4.19. The Morgan fingerprint density at radius 3 is 2.59 bits per heavy atom. The maximum atomic E-state index is 11.8. The van der Waals surface area contributed by atoms with Gasteiger partial charge in [-0.2, -0.15) is 0 Å². The molecule has 0 saturated carbocycles. The van der Waals surface area contributed by atoms with Gasteiger partial charge in [-0.1, -0.05) is 18.3 Å². The highest BCUT2D eigenvalue weighted by molar-refractivity contribution is 7.09. The Morgan fingerprint density at radius 1 is 1.27 bits per heavy atom. The second-order valence-corrected chi connectivity index (χ2v) is 5.93. The van der Waals surface area contributed by atoms with Crippen LogP contribution in [0.3, 0.4) is 0 Å². The van der Waals surface area contributed by atoms with Gasteiger partial charge in [-0.3, -0.25) is 9.69 Å². The zero-order valence-corrected chi connectivity index (χ0v) is 13.8. The zero-order valence-electron chi connectivity index (χ0n) is 13.0. The van der Waals surface area contributed by atoms with Crippen LogP contribution >= 0.6 is 11.3 Å². The number of likely N-dealkylation sites (N-methyl/N-ethyl adjacent to an activating group) is 1. The van der Waals surface area contributed by atoms with Gasteiger partial charge in [0.25, 0.3) is 0 Å². The fraction of sp³-hybridized carbons (Fsp3) is 0.438. The van der Waals surface area contributed by atoms with Crippen LogP contribution in [0, 0.1) is 0 Å². The average Bonchev–Trinajstić information content (AvgIpc) is 2.88. The van der Waals surface area contributed by atoms with Crippen molar-refractivity contribution in [2.75, 3.05) is 26.3 Å². The molecule has 2 aromatic rings. The molecule has 0 aliphatic carbocycles. The number of H-pyrrole nitrogens is 1.